The van der Waals surface area contributed by atoms with Gasteiger partial charge in [0.05, 0.1) is 6.54 Å². The van der Waals surface area contributed by atoms with Crippen LogP contribution in [0.5, 0.6) is 0 Å². The topological polar surface area (TPSA) is 15.3 Å². The van der Waals surface area contributed by atoms with E-state index in [0.717, 1.165) is 18.5 Å². The molecule has 3 unspecified atom stereocenters. The van der Waals surface area contributed by atoms with Crippen LogP contribution in [0.3, 0.4) is 0 Å². The van der Waals surface area contributed by atoms with Crippen molar-refractivity contribution in [2.45, 2.75) is 39.3 Å². The van der Waals surface area contributed by atoms with E-state index in [2.05, 4.69) is 36.9 Å². The summed E-state index contributed by atoms with van der Waals surface area (Å²) >= 11 is 0. The lowest BCUT2D eigenvalue weighted by atomic mass is 10.1. The van der Waals surface area contributed by atoms with Gasteiger partial charge in [0.1, 0.15) is 0 Å². The van der Waals surface area contributed by atoms with Gasteiger partial charge in [0.25, 0.3) is 0 Å². The highest BCUT2D eigenvalue weighted by Gasteiger charge is 2.28. The average Bonchev–Trinajstić information content (AvgIpc) is 2.45. The van der Waals surface area contributed by atoms with E-state index in [1.165, 1.54) is 13.0 Å². The van der Waals surface area contributed by atoms with Gasteiger partial charge >= 0.3 is 0 Å². The summed E-state index contributed by atoms with van der Waals surface area (Å²) in [5.41, 5.74) is 0. The van der Waals surface area contributed by atoms with Gasteiger partial charge in [-0.2, -0.15) is 0 Å². The van der Waals surface area contributed by atoms with Gasteiger partial charge < -0.3 is 5.32 Å². The molecule has 0 radical (unpaired) electrons. The highest BCUT2D eigenvalue weighted by molar-refractivity contribution is 4.89. The van der Waals surface area contributed by atoms with Gasteiger partial charge in [-0.25, -0.2) is 0 Å². The summed E-state index contributed by atoms with van der Waals surface area (Å²) < 4.78 is 0. The van der Waals surface area contributed by atoms with Crippen molar-refractivity contribution in [3.8, 4) is 12.3 Å². The molecule has 3 atom stereocenters. The van der Waals surface area contributed by atoms with Gasteiger partial charge in [0, 0.05) is 25.2 Å². The first kappa shape index (κ1) is 11.6. The number of likely N-dealkylation sites (tertiary alicyclic amines) is 1. The van der Waals surface area contributed by atoms with Crippen LogP contribution in [0.4, 0.5) is 0 Å². The molecule has 2 heteroatoms. The molecule has 0 saturated carbocycles. The Bertz CT molecular complexity index is 207. The molecule has 1 aliphatic rings. The van der Waals surface area contributed by atoms with Gasteiger partial charge in [-0.05, 0) is 26.2 Å². The molecule has 0 bridgehead atoms. The Hall–Kier alpha value is -0.520. The summed E-state index contributed by atoms with van der Waals surface area (Å²) in [6.07, 6.45) is 6.52. The van der Waals surface area contributed by atoms with Crippen molar-refractivity contribution in [2.75, 3.05) is 19.6 Å². The Balaban J connectivity index is 2.30. The van der Waals surface area contributed by atoms with Crippen LogP contribution in [0, 0.1) is 18.3 Å². The van der Waals surface area contributed by atoms with E-state index in [-0.39, 0.29) is 0 Å². The van der Waals surface area contributed by atoms with Crippen molar-refractivity contribution < 1.29 is 0 Å². The number of nitrogens with zero attached hydrogens (tertiary/aromatic N) is 1. The molecule has 1 aliphatic heterocycles. The molecule has 14 heavy (non-hydrogen) atoms. The summed E-state index contributed by atoms with van der Waals surface area (Å²) in [6.45, 7) is 9.85. The van der Waals surface area contributed by atoms with Gasteiger partial charge in [0.2, 0.25) is 0 Å². The fourth-order valence-electron chi connectivity index (χ4n) is 2.42. The maximum atomic E-state index is 5.19. The fourth-order valence-corrected chi connectivity index (χ4v) is 2.42. The lowest BCUT2D eigenvalue weighted by Crippen LogP contribution is -2.42. The van der Waals surface area contributed by atoms with Crippen LogP contribution < -0.4 is 5.32 Å². The molecule has 1 fully saturated rings. The molecule has 80 valence electrons. The average molecular weight is 194 g/mol. The third-order valence-electron chi connectivity index (χ3n) is 3.07. The third-order valence-corrected chi connectivity index (χ3v) is 3.07. The summed E-state index contributed by atoms with van der Waals surface area (Å²) in [6, 6.07) is 1.33. The zero-order valence-electron chi connectivity index (χ0n) is 9.59. The molecular weight excluding hydrogens is 172 g/mol. The predicted octanol–water partition coefficient (Wildman–Crippen LogP) is 1.33. The molecule has 0 aromatic heterocycles. The molecule has 0 amide bonds. The second kappa shape index (κ2) is 5.38. The quantitative estimate of drug-likeness (QED) is 0.536. The second-order valence-corrected chi connectivity index (χ2v) is 4.57. The summed E-state index contributed by atoms with van der Waals surface area (Å²) in [5.74, 6) is 3.45. The van der Waals surface area contributed by atoms with E-state index in [4.69, 9.17) is 6.42 Å². The number of hydrogen-bond acceptors (Lipinski definition) is 2. The predicted molar refractivity (Wildman–Crippen MR) is 61.1 cm³/mol. The monoisotopic (exact) mass is 194 g/mol. The first-order valence-electron chi connectivity index (χ1n) is 5.55. The van der Waals surface area contributed by atoms with Crippen molar-refractivity contribution in [1.82, 2.24) is 10.2 Å². The van der Waals surface area contributed by atoms with E-state index in [0.29, 0.717) is 12.6 Å². The SMILES string of the molecule is C#CCNCC(C)N1CC(C)CC1C. The standard InChI is InChI=1S/C12H22N2/c1-5-6-13-8-12(4)14-9-10(2)7-11(14)3/h1,10-13H,6-9H2,2-4H3. The van der Waals surface area contributed by atoms with Crippen molar-refractivity contribution >= 4 is 0 Å². The lowest BCUT2D eigenvalue weighted by Gasteiger charge is -2.28. The van der Waals surface area contributed by atoms with Crippen LogP contribution in [0.2, 0.25) is 0 Å². The van der Waals surface area contributed by atoms with Crippen LogP contribution >= 0.6 is 0 Å². The van der Waals surface area contributed by atoms with Gasteiger partial charge in [-0.3, -0.25) is 4.90 Å². The minimum Gasteiger partial charge on any atom is -0.305 e. The van der Waals surface area contributed by atoms with E-state index >= 15 is 0 Å². The van der Waals surface area contributed by atoms with E-state index in [9.17, 15) is 0 Å². The Labute approximate surface area is 88.1 Å². The molecule has 1 heterocycles. The first-order valence-corrected chi connectivity index (χ1v) is 5.55. The molecule has 0 spiro atoms. The van der Waals surface area contributed by atoms with Crippen molar-refractivity contribution in [1.29, 1.82) is 0 Å². The van der Waals surface area contributed by atoms with Crippen LogP contribution in [-0.4, -0.2) is 36.6 Å². The highest BCUT2D eigenvalue weighted by atomic mass is 15.2. The summed E-state index contributed by atoms with van der Waals surface area (Å²) in [5, 5.41) is 3.27. The van der Waals surface area contributed by atoms with Crippen molar-refractivity contribution in [3.63, 3.8) is 0 Å². The maximum absolute atomic E-state index is 5.19. The maximum Gasteiger partial charge on any atom is 0.0574 e. The smallest absolute Gasteiger partial charge is 0.0574 e. The molecule has 2 nitrogen and oxygen atoms in total. The first-order chi connectivity index (χ1) is 6.65. The van der Waals surface area contributed by atoms with Gasteiger partial charge in [-0.15, -0.1) is 6.42 Å². The van der Waals surface area contributed by atoms with E-state index in [1.807, 2.05) is 0 Å². The van der Waals surface area contributed by atoms with Gasteiger partial charge in [-0.1, -0.05) is 12.8 Å². The minimum atomic E-state index is 0.600. The molecule has 0 aliphatic carbocycles. The van der Waals surface area contributed by atoms with E-state index in [1.54, 1.807) is 0 Å². The highest BCUT2D eigenvalue weighted by Crippen LogP contribution is 2.23. The minimum absolute atomic E-state index is 0.600. The van der Waals surface area contributed by atoms with Crippen molar-refractivity contribution in [3.05, 3.63) is 0 Å². The Morgan fingerprint density at radius 3 is 2.79 bits per heavy atom. The Morgan fingerprint density at radius 2 is 2.29 bits per heavy atom. The molecule has 0 aromatic carbocycles. The van der Waals surface area contributed by atoms with Crippen LogP contribution in [0.25, 0.3) is 0 Å². The number of terminal acetylenes is 1. The Morgan fingerprint density at radius 1 is 1.57 bits per heavy atom. The number of rotatable bonds is 4. The van der Waals surface area contributed by atoms with E-state index < -0.39 is 0 Å². The zero-order chi connectivity index (χ0) is 10.6. The van der Waals surface area contributed by atoms with Crippen LogP contribution in [-0.2, 0) is 0 Å². The summed E-state index contributed by atoms with van der Waals surface area (Å²) in [7, 11) is 0. The van der Waals surface area contributed by atoms with Gasteiger partial charge in [0.15, 0.2) is 0 Å². The third kappa shape index (κ3) is 3.01. The second-order valence-electron chi connectivity index (χ2n) is 4.57. The molecule has 0 aromatic rings. The number of hydrogen-bond donors (Lipinski definition) is 1. The fraction of sp³-hybridized carbons (Fsp3) is 0.833. The molecule has 1 rings (SSSR count). The molecule has 1 saturated heterocycles. The zero-order valence-corrected chi connectivity index (χ0v) is 9.59. The van der Waals surface area contributed by atoms with Crippen LogP contribution in [0.1, 0.15) is 27.2 Å². The lowest BCUT2D eigenvalue weighted by molar-refractivity contribution is 0.196. The number of nitrogens with one attached hydrogen (secondary N) is 1. The molecule has 1 N–H and O–H groups in total. The molecular formula is C12H22N2. The Kier molecular flexibility index (Phi) is 4.44. The van der Waals surface area contributed by atoms with Crippen molar-refractivity contribution in [2.24, 2.45) is 5.92 Å². The largest absolute Gasteiger partial charge is 0.305 e. The van der Waals surface area contributed by atoms with Crippen LogP contribution in [0.15, 0.2) is 0 Å². The summed E-state index contributed by atoms with van der Waals surface area (Å²) in [4.78, 5) is 2.58. The normalized spacial score (nSPS) is 30.1.